The number of nitrogens with zero attached hydrogens (tertiary/aromatic N) is 1. The zero-order chi connectivity index (χ0) is 16.4. The lowest BCUT2D eigenvalue weighted by atomic mass is 10.2. The molecule has 0 amide bonds. The number of rotatable bonds is 6. The number of fused-ring (bicyclic) bond motifs is 1. The van der Waals surface area contributed by atoms with Crippen LogP contribution in [0, 0.1) is 6.92 Å². The molecule has 0 aliphatic rings. The minimum atomic E-state index is -3.50. The summed E-state index contributed by atoms with van der Waals surface area (Å²) in [6, 6.07) is 7.50. The molecule has 1 N–H and O–H groups in total. The zero-order valence-electron chi connectivity index (χ0n) is 12.4. The lowest BCUT2D eigenvalue weighted by Crippen LogP contribution is -2.24. The third kappa shape index (κ3) is 3.50. The first-order valence-electron chi connectivity index (χ1n) is 7.05. The molecule has 122 valence electrons. The summed E-state index contributed by atoms with van der Waals surface area (Å²) < 4.78 is 34.5. The van der Waals surface area contributed by atoms with E-state index >= 15 is 0 Å². The third-order valence-corrected chi connectivity index (χ3v) is 7.09. The highest BCUT2D eigenvalue weighted by Crippen LogP contribution is 2.29. The minimum absolute atomic E-state index is 0.342. The van der Waals surface area contributed by atoms with Gasteiger partial charge in [0.25, 0.3) is 0 Å². The van der Waals surface area contributed by atoms with Crippen molar-refractivity contribution in [2.45, 2.75) is 24.7 Å². The molecule has 0 spiro atoms. The summed E-state index contributed by atoms with van der Waals surface area (Å²) in [5.74, 6) is 0.739. The molecule has 2 heterocycles. The van der Waals surface area contributed by atoms with Crippen molar-refractivity contribution in [2.75, 3.05) is 6.54 Å². The van der Waals surface area contributed by atoms with Gasteiger partial charge in [0.05, 0.1) is 10.2 Å². The van der Waals surface area contributed by atoms with E-state index in [9.17, 15) is 8.42 Å². The molecule has 0 bridgehead atoms. The van der Waals surface area contributed by atoms with Gasteiger partial charge < -0.3 is 4.52 Å². The van der Waals surface area contributed by atoms with Gasteiger partial charge in [-0.3, -0.25) is 0 Å². The topological polar surface area (TPSA) is 72.2 Å². The number of benzene rings is 1. The molecule has 1 aromatic carbocycles. The lowest BCUT2D eigenvalue weighted by molar-refractivity contribution is 0.376. The average Bonchev–Trinajstić information content (AvgIpc) is 3.10. The Morgan fingerprint density at radius 2 is 2.13 bits per heavy atom. The maximum absolute atomic E-state index is 12.4. The van der Waals surface area contributed by atoms with Gasteiger partial charge in [-0.25, -0.2) is 13.1 Å². The van der Waals surface area contributed by atoms with E-state index in [1.165, 1.54) is 11.3 Å². The summed E-state index contributed by atoms with van der Waals surface area (Å²) in [5, 5.41) is 6.31. The van der Waals surface area contributed by atoms with Gasteiger partial charge in [-0.1, -0.05) is 23.4 Å². The summed E-state index contributed by atoms with van der Waals surface area (Å²) >= 11 is 4.84. The van der Waals surface area contributed by atoms with Crippen molar-refractivity contribution >= 4 is 47.4 Å². The van der Waals surface area contributed by atoms with Crippen LogP contribution < -0.4 is 4.72 Å². The standard InChI is InChI=1S/C15H15BrN2O3S2/c1-10-15(16)12(21-18-10)6-4-8-17-23(19,20)14-9-22-13-7-3-2-5-11(13)14/h2-3,5,7,9,17H,4,6,8H2,1H3. The predicted octanol–water partition coefficient (Wildman–Crippen LogP) is 3.87. The molecule has 0 saturated heterocycles. The molecule has 3 aromatic rings. The zero-order valence-corrected chi connectivity index (χ0v) is 15.6. The molecule has 0 fully saturated rings. The Morgan fingerprint density at radius 3 is 2.87 bits per heavy atom. The molecule has 0 aliphatic carbocycles. The summed E-state index contributed by atoms with van der Waals surface area (Å²) in [4.78, 5) is 0.342. The molecule has 0 atom stereocenters. The van der Waals surface area contributed by atoms with E-state index < -0.39 is 10.0 Å². The van der Waals surface area contributed by atoms with E-state index in [1.54, 1.807) is 5.38 Å². The molecule has 0 unspecified atom stereocenters. The fourth-order valence-corrected chi connectivity index (χ4v) is 5.17. The second kappa shape index (κ2) is 6.72. The molecule has 8 heteroatoms. The van der Waals surface area contributed by atoms with Crippen LogP contribution in [0.4, 0.5) is 0 Å². The Hall–Kier alpha value is -1.22. The maximum atomic E-state index is 12.4. The minimum Gasteiger partial charge on any atom is -0.360 e. The van der Waals surface area contributed by atoms with Crippen LogP contribution >= 0.6 is 27.3 Å². The summed E-state index contributed by atoms with van der Waals surface area (Å²) in [6.45, 7) is 2.19. The molecule has 0 saturated carbocycles. The highest BCUT2D eigenvalue weighted by Gasteiger charge is 2.18. The SMILES string of the molecule is Cc1noc(CCCNS(=O)(=O)c2csc3ccccc23)c1Br. The average molecular weight is 415 g/mol. The number of halogens is 1. The molecule has 0 aliphatic heterocycles. The first-order valence-corrected chi connectivity index (χ1v) is 10.2. The lowest BCUT2D eigenvalue weighted by Gasteiger charge is -2.05. The van der Waals surface area contributed by atoms with Gasteiger partial charge >= 0.3 is 0 Å². The number of thiophene rings is 1. The van der Waals surface area contributed by atoms with Crippen LogP contribution in [-0.4, -0.2) is 20.1 Å². The normalized spacial score (nSPS) is 12.1. The van der Waals surface area contributed by atoms with Crippen molar-refractivity contribution in [2.24, 2.45) is 0 Å². The third-order valence-electron chi connectivity index (χ3n) is 3.46. The van der Waals surface area contributed by atoms with Crippen LogP contribution in [0.1, 0.15) is 17.9 Å². The highest BCUT2D eigenvalue weighted by molar-refractivity contribution is 9.10. The number of sulfonamides is 1. The maximum Gasteiger partial charge on any atom is 0.242 e. The quantitative estimate of drug-likeness (QED) is 0.621. The van der Waals surface area contributed by atoms with Crippen LogP contribution in [0.2, 0.25) is 0 Å². The molecule has 3 rings (SSSR count). The van der Waals surface area contributed by atoms with Crippen LogP contribution in [-0.2, 0) is 16.4 Å². The summed E-state index contributed by atoms with van der Waals surface area (Å²) in [5.41, 5.74) is 0.797. The second-order valence-corrected chi connectivity index (χ2v) is 8.54. The Kier molecular flexibility index (Phi) is 4.86. The van der Waals surface area contributed by atoms with Gasteiger partial charge in [-0.05, 0) is 35.3 Å². The Bertz CT molecular complexity index is 931. The number of hydrogen-bond donors (Lipinski definition) is 1. The van der Waals surface area contributed by atoms with E-state index in [2.05, 4.69) is 25.8 Å². The summed E-state index contributed by atoms with van der Waals surface area (Å²) in [6.07, 6.45) is 1.25. The van der Waals surface area contributed by atoms with E-state index in [4.69, 9.17) is 4.52 Å². The number of aromatic nitrogens is 1. The van der Waals surface area contributed by atoms with Gasteiger partial charge in [-0.15, -0.1) is 11.3 Å². The monoisotopic (exact) mass is 414 g/mol. The van der Waals surface area contributed by atoms with Gasteiger partial charge in [0.1, 0.15) is 4.90 Å². The van der Waals surface area contributed by atoms with Gasteiger partial charge in [0, 0.05) is 28.4 Å². The molecule has 23 heavy (non-hydrogen) atoms. The number of aryl methyl sites for hydroxylation is 2. The Balaban J connectivity index is 1.64. The van der Waals surface area contributed by atoms with E-state index in [0.29, 0.717) is 24.3 Å². The van der Waals surface area contributed by atoms with Gasteiger partial charge in [-0.2, -0.15) is 0 Å². The van der Waals surface area contributed by atoms with Gasteiger partial charge in [0.15, 0.2) is 5.76 Å². The van der Waals surface area contributed by atoms with Crippen molar-refractivity contribution in [1.29, 1.82) is 0 Å². The number of hydrogen-bond acceptors (Lipinski definition) is 5. The van der Waals surface area contributed by atoms with E-state index in [1.807, 2.05) is 31.2 Å². The van der Waals surface area contributed by atoms with Crippen LogP contribution in [0.25, 0.3) is 10.1 Å². The molecular formula is C15H15BrN2O3S2. The van der Waals surface area contributed by atoms with Crippen LogP contribution in [0.3, 0.4) is 0 Å². The number of nitrogens with one attached hydrogen (secondary N) is 1. The first-order chi connectivity index (χ1) is 11.0. The first kappa shape index (κ1) is 16.6. The van der Waals surface area contributed by atoms with Crippen molar-refractivity contribution in [3.05, 3.63) is 45.6 Å². The van der Waals surface area contributed by atoms with Crippen molar-refractivity contribution in [1.82, 2.24) is 9.88 Å². The van der Waals surface area contributed by atoms with Crippen molar-refractivity contribution in [3.8, 4) is 0 Å². The summed E-state index contributed by atoms with van der Waals surface area (Å²) in [7, 11) is -3.50. The predicted molar refractivity (Wildman–Crippen MR) is 94.3 cm³/mol. The Morgan fingerprint density at radius 1 is 1.35 bits per heavy atom. The highest BCUT2D eigenvalue weighted by atomic mass is 79.9. The van der Waals surface area contributed by atoms with E-state index in [-0.39, 0.29) is 0 Å². The Labute approximate surface area is 146 Å². The fraction of sp³-hybridized carbons (Fsp3) is 0.267. The molecule has 2 aromatic heterocycles. The molecule has 0 radical (unpaired) electrons. The van der Waals surface area contributed by atoms with Crippen LogP contribution in [0.15, 0.2) is 43.5 Å². The smallest absolute Gasteiger partial charge is 0.242 e. The van der Waals surface area contributed by atoms with Crippen molar-refractivity contribution in [3.63, 3.8) is 0 Å². The molecular weight excluding hydrogens is 400 g/mol. The molecule has 5 nitrogen and oxygen atoms in total. The second-order valence-electron chi connectivity index (χ2n) is 5.10. The van der Waals surface area contributed by atoms with Crippen molar-refractivity contribution < 1.29 is 12.9 Å². The largest absolute Gasteiger partial charge is 0.360 e. The fourth-order valence-electron chi connectivity index (χ4n) is 2.26. The van der Waals surface area contributed by atoms with E-state index in [0.717, 1.165) is 26.0 Å². The van der Waals surface area contributed by atoms with Crippen LogP contribution in [0.5, 0.6) is 0 Å². The van der Waals surface area contributed by atoms with Gasteiger partial charge in [0.2, 0.25) is 10.0 Å².